The third kappa shape index (κ3) is 5.57. The number of carbonyl (C=O) groups excluding carboxylic acids is 2. The Morgan fingerprint density at radius 2 is 1.82 bits per heavy atom. The average Bonchev–Trinajstić information content (AvgIpc) is 3.16. The van der Waals surface area contributed by atoms with E-state index in [2.05, 4.69) is 23.3 Å². The van der Waals surface area contributed by atoms with Crippen LogP contribution in [0.1, 0.15) is 60.3 Å². The SMILES string of the molecule is C=C(C)c1cccc(C(C)(C)NC(=O)Nc2scc(-c3ccc(C)cc3C)c2C(=O)OCC)c1. The predicted molar refractivity (Wildman–Crippen MR) is 142 cm³/mol. The van der Waals surface area contributed by atoms with Gasteiger partial charge in [-0.15, -0.1) is 11.3 Å². The number of nitrogens with one attached hydrogen (secondary N) is 2. The van der Waals surface area contributed by atoms with Crippen LogP contribution in [0.25, 0.3) is 16.7 Å². The number of aryl methyl sites for hydroxylation is 2. The summed E-state index contributed by atoms with van der Waals surface area (Å²) in [4.78, 5) is 25.9. The van der Waals surface area contributed by atoms with Gasteiger partial charge in [-0.2, -0.15) is 0 Å². The Kier molecular flexibility index (Phi) is 7.62. The first-order valence-electron chi connectivity index (χ1n) is 11.2. The van der Waals surface area contributed by atoms with Crippen LogP contribution < -0.4 is 10.6 Å². The fraction of sp³-hybridized carbons (Fsp3) is 0.286. The maximum Gasteiger partial charge on any atom is 0.341 e. The third-order valence-electron chi connectivity index (χ3n) is 5.67. The lowest BCUT2D eigenvalue weighted by Crippen LogP contribution is -2.43. The van der Waals surface area contributed by atoms with E-state index < -0.39 is 17.5 Å². The van der Waals surface area contributed by atoms with E-state index in [9.17, 15) is 9.59 Å². The number of thiophene rings is 1. The molecule has 2 amide bonds. The van der Waals surface area contributed by atoms with Gasteiger partial charge >= 0.3 is 12.0 Å². The van der Waals surface area contributed by atoms with Crippen LogP contribution in [0.4, 0.5) is 9.80 Å². The van der Waals surface area contributed by atoms with Crippen molar-refractivity contribution in [3.05, 3.63) is 82.2 Å². The molecule has 1 heterocycles. The van der Waals surface area contributed by atoms with Crippen molar-refractivity contribution in [2.24, 2.45) is 0 Å². The quantitative estimate of drug-likeness (QED) is 0.352. The summed E-state index contributed by atoms with van der Waals surface area (Å²) < 4.78 is 5.33. The molecule has 0 fully saturated rings. The molecule has 3 aromatic rings. The highest BCUT2D eigenvalue weighted by Gasteiger charge is 2.27. The van der Waals surface area contributed by atoms with Gasteiger partial charge in [-0.3, -0.25) is 5.32 Å². The molecule has 0 aliphatic rings. The summed E-state index contributed by atoms with van der Waals surface area (Å²) in [6.45, 7) is 15.9. The van der Waals surface area contributed by atoms with E-state index in [1.807, 2.05) is 76.4 Å². The van der Waals surface area contributed by atoms with E-state index in [-0.39, 0.29) is 6.61 Å². The number of esters is 1. The van der Waals surface area contributed by atoms with Crippen LogP contribution in [-0.4, -0.2) is 18.6 Å². The summed E-state index contributed by atoms with van der Waals surface area (Å²) in [5.74, 6) is -0.456. The van der Waals surface area contributed by atoms with Crippen LogP contribution in [0.15, 0.2) is 54.4 Å². The van der Waals surface area contributed by atoms with Crippen molar-refractivity contribution in [3.63, 3.8) is 0 Å². The molecule has 6 heteroatoms. The molecule has 5 nitrogen and oxygen atoms in total. The molecule has 0 aliphatic heterocycles. The normalized spacial score (nSPS) is 11.1. The molecule has 34 heavy (non-hydrogen) atoms. The van der Waals surface area contributed by atoms with E-state index in [4.69, 9.17) is 4.74 Å². The van der Waals surface area contributed by atoms with Crippen LogP contribution in [0.5, 0.6) is 0 Å². The summed E-state index contributed by atoms with van der Waals surface area (Å²) in [6, 6.07) is 13.6. The Morgan fingerprint density at radius 3 is 2.47 bits per heavy atom. The van der Waals surface area contributed by atoms with Crippen LogP contribution in [0.2, 0.25) is 0 Å². The minimum atomic E-state index is -0.646. The van der Waals surface area contributed by atoms with Crippen LogP contribution in [0, 0.1) is 13.8 Å². The number of benzene rings is 2. The first-order valence-corrected chi connectivity index (χ1v) is 12.1. The van der Waals surface area contributed by atoms with Crippen molar-refractivity contribution in [3.8, 4) is 11.1 Å². The molecule has 0 unspecified atom stereocenters. The predicted octanol–water partition coefficient (Wildman–Crippen LogP) is 7.30. The Labute approximate surface area is 205 Å². The highest BCUT2D eigenvalue weighted by molar-refractivity contribution is 7.15. The second kappa shape index (κ2) is 10.3. The molecule has 0 bridgehead atoms. The highest BCUT2D eigenvalue weighted by atomic mass is 32.1. The van der Waals surface area contributed by atoms with E-state index >= 15 is 0 Å². The Morgan fingerprint density at radius 1 is 1.09 bits per heavy atom. The van der Waals surface area contributed by atoms with Gasteiger partial charge in [0.25, 0.3) is 0 Å². The molecule has 3 rings (SSSR count). The molecule has 1 aromatic heterocycles. The molecule has 0 radical (unpaired) electrons. The third-order valence-corrected chi connectivity index (χ3v) is 6.57. The van der Waals surface area contributed by atoms with Crippen LogP contribution >= 0.6 is 11.3 Å². The molecule has 0 saturated heterocycles. The molecule has 0 atom stereocenters. The minimum absolute atomic E-state index is 0.249. The molecular formula is C28H32N2O3S. The number of allylic oxidation sites excluding steroid dienone is 1. The van der Waals surface area contributed by atoms with Crippen LogP contribution in [-0.2, 0) is 10.3 Å². The molecule has 0 saturated carbocycles. The fourth-order valence-corrected chi connectivity index (χ4v) is 4.78. The zero-order valence-corrected chi connectivity index (χ0v) is 21.5. The summed E-state index contributed by atoms with van der Waals surface area (Å²) in [5.41, 5.74) is 6.55. The van der Waals surface area contributed by atoms with Gasteiger partial charge in [0.05, 0.1) is 12.1 Å². The van der Waals surface area contributed by atoms with Crippen molar-refractivity contribution < 1.29 is 14.3 Å². The number of carbonyl (C=O) groups is 2. The van der Waals surface area contributed by atoms with E-state index in [1.54, 1.807) is 6.92 Å². The van der Waals surface area contributed by atoms with Gasteiger partial charge < -0.3 is 10.1 Å². The molecule has 0 aliphatic carbocycles. The fourth-order valence-electron chi connectivity index (χ4n) is 3.83. The van der Waals surface area contributed by atoms with Crippen molar-refractivity contribution in [1.29, 1.82) is 0 Å². The van der Waals surface area contributed by atoms with Gasteiger partial charge in [-0.05, 0) is 69.9 Å². The maximum absolute atomic E-state index is 13.0. The Hall–Kier alpha value is -3.38. The number of hydrogen-bond acceptors (Lipinski definition) is 4. The highest BCUT2D eigenvalue weighted by Crippen LogP contribution is 2.38. The van der Waals surface area contributed by atoms with Gasteiger partial charge in [0, 0.05) is 10.9 Å². The molecule has 0 spiro atoms. The number of ether oxygens (including phenoxy) is 1. The standard InChI is InChI=1S/C28H32N2O3S/c1-8-33-26(31)24-23(22-13-12-18(4)14-19(22)5)16-34-25(24)29-27(32)30-28(6,7)21-11-9-10-20(15-21)17(2)3/h9-16H,2,8H2,1,3-7H3,(H2,29,30,32). The number of amides is 2. The van der Waals surface area contributed by atoms with E-state index in [0.717, 1.165) is 39.0 Å². The summed E-state index contributed by atoms with van der Waals surface area (Å²) in [7, 11) is 0. The summed E-state index contributed by atoms with van der Waals surface area (Å²) in [6.07, 6.45) is 0. The van der Waals surface area contributed by atoms with Crippen molar-refractivity contribution >= 4 is 33.9 Å². The van der Waals surface area contributed by atoms with Gasteiger partial charge in [0.1, 0.15) is 10.6 Å². The van der Waals surface area contributed by atoms with E-state index in [0.29, 0.717) is 10.6 Å². The van der Waals surface area contributed by atoms with Gasteiger partial charge in [0.15, 0.2) is 0 Å². The second-order valence-electron chi connectivity index (χ2n) is 8.96. The van der Waals surface area contributed by atoms with Gasteiger partial charge in [-0.1, -0.05) is 54.1 Å². The monoisotopic (exact) mass is 476 g/mol. The topological polar surface area (TPSA) is 67.4 Å². The van der Waals surface area contributed by atoms with Gasteiger partial charge in [-0.25, -0.2) is 9.59 Å². The second-order valence-corrected chi connectivity index (χ2v) is 9.84. The lowest BCUT2D eigenvalue weighted by Gasteiger charge is -2.27. The number of hydrogen-bond donors (Lipinski definition) is 2. The van der Waals surface area contributed by atoms with Crippen molar-refractivity contribution in [2.75, 3.05) is 11.9 Å². The Bertz CT molecular complexity index is 1240. The zero-order chi connectivity index (χ0) is 25.0. The molecular weight excluding hydrogens is 444 g/mol. The number of urea groups is 1. The average molecular weight is 477 g/mol. The van der Waals surface area contributed by atoms with Crippen molar-refractivity contribution in [1.82, 2.24) is 5.32 Å². The number of rotatable bonds is 7. The molecule has 178 valence electrons. The van der Waals surface area contributed by atoms with E-state index in [1.165, 1.54) is 11.3 Å². The molecule has 2 N–H and O–H groups in total. The number of anilines is 1. The summed E-state index contributed by atoms with van der Waals surface area (Å²) in [5, 5.41) is 8.26. The smallest absolute Gasteiger partial charge is 0.341 e. The first-order chi connectivity index (χ1) is 16.0. The van der Waals surface area contributed by atoms with Crippen LogP contribution in [0.3, 0.4) is 0 Å². The largest absolute Gasteiger partial charge is 0.462 e. The minimum Gasteiger partial charge on any atom is -0.462 e. The lowest BCUT2D eigenvalue weighted by atomic mass is 9.92. The maximum atomic E-state index is 13.0. The lowest BCUT2D eigenvalue weighted by molar-refractivity contribution is 0.0529. The van der Waals surface area contributed by atoms with Crippen molar-refractivity contribution in [2.45, 2.75) is 47.1 Å². The van der Waals surface area contributed by atoms with Gasteiger partial charge in [0.2, 0.25) is 0 Å². The molecule has 2 aromatic carbocycles. The Balaban J connectivity index is 1.90. The zero-order valence-electron chi connectivity index (χ0n) is 20.7. The first kappa shape index (κ1) is 25.2. The summed E-state index contributed by atoms with van der Waals surface area (Å²) >= 11 is 1.31.